The van der Waals surface area contributed by atoms with Crippen LogP contribution in [0.5, 0.6) is 0 Å². The van der Waals surface area contributed by atoms with Gasteiger partial charge in [0.2, 0.25) is 0 Å². The molecule has 0 aromatic carbocycles. The zero-order chi connectivity index (χ0) is 84.6. The lowest BCUT2D eigenvalue weighted by Gasteiger charge is -2.09. The van der Waals surface area contributed by atoms with Crippen LogP contribution in [0.15, 0.2) is 0 Å². The number of carbonyl (C=O) groups is 7. The lowest BCUT2D eigenvalue weighted by Crippen LogP contribution is -2.27. The van der Waals surface area contributed by atoms with Gasteiger partial charge in [-0.3, -0.25) is 33.6 Å². The van der Waals surface area contributed by atoms with Crippen LogP contribution >= 0.6 is 0 Å². The summed E-state index contributed by atoms with van der Waals surface area (Å²) < 4.78 is 58.8. The van der Waals surface area contributed by atoms with Gasteiger partial charge in [0.05, 0.1) is 112 Å². The number of Topliss-reactive ketones (excluding diaryl/α,β-unsaturated/α-hetero) is 7. The molecule has 0 rings (SSSR count). The summed E-state index contributed by atoms with van der Waals surface area (Å²) in [5.41, 5.74) is 0. The Kier molecular flexibility index (Phi) is 97.5. The first-order chi connectivity index (χ1) is 51.3. The highest BCUT2D eigenvalue weighted by molar-refractivity contribution is 5.83. The summed E-state index contributed by atoms with van der Waals surface area (Å²) in [7, 11) is 0. The van der Waals surface area contributed by atoms with Crippen molar-refractivity contribution in [3.63, 3.8) is 0 Å². The van der Waals surface area contributed by atoms with Crippen LogP contribution in [0.4, 0.5) is 0 Å². The van der Waals surface area contributed by atoms with E-state index in [0.29, 0.717) is 173 Å². The average molecular weight is 1570 g/mol. The number of nitrogens with one attached hydrogen (secondary N) is 3. The van der Waals surface area contributed by atoms with Gasteiger partial charge in [-0.05, 0) is 68.6 Å². The largest absolute Gasteiger partial charge is 0.381 e. The minimum Gasteiger partial charge on any atom is -0.381 e. The molecular weight excluding hydrogens is 1390 g/mol. The summed E-state index contributed by atoms with van der Waals surface area (Å²) in [5, 5.41) is 9.72. The van der Waals surface area contributed by atoms with Gasteiger partial charge < -0.3 is 68.1 Å². The lowest BCUT2D eigenvalue weighted by atomic mass is 10.0. The number of hydrogen-bond donors (Lipinski definition) is 3. The number of ketones is 7. The van der Waals surface area contributed by atoms with E-state index < -0.39 is 0 Å². The van der Waals surface area contributed by atoms with Crippen molar-refractivity contribution in [3.05, 3.63) is 0 Å². The van der Waals surface area contributed by atoms with Gasteiger partial charge in [0.1, 0.15) is 42.1 Å². The highest BCUT2D eigenvalue weighted by atomic mass is 16.6. The van der Waals surface area contributed by atoms with Crippen LogP contribution in [-0.4, -0.2) is 224 Å². The molecule has 3 N–H and O–H groups in total. The Hall–Kier alpha value is -2.87. The summed E-state index contributed by atoms with van der Waals surface area (Å²) >= 11 is 0. The summed E-state index contributed by atoms with van der Waals surface area (Å²) in [6, 6.07) is 1.47. The molecule has 0 aromatic heterocycles. The van der Waals surface area contributed by atoms with E-state index in [1.807, 2.05) is 96.9 Å². The Bertz CT molecular complexity index is 1980. The maximum absolute atomic E-state index is 11.3. The lowest BCUT2D eigenvalue weighted by molar-refractivity contribution is -0.127. The molecule has 654 valence electrons. The molecular formula is C88H179N3O18. The summed E-state index contributed by atoms with van der Waals surface area (Å²) in [6.45, 7) is 72.2. The fourth-order valence-corrected chi connectivity index (χ4v) is 8.22. The van der Waals surface area contributed by atoms with Crippen molar-refractivity contribution in [2.45, 2.75) is 302 Å². The molecule has 0 fully saturated rings. The van der Waals surface area contributed by atoms with Gasteiger partial charge in [-0.1, -0.05) is 207 Å². The molecule has 21 heteroatoms. The van der Waals surface area contributed by atoms with Gasteiger partial charge in [-0.15, -0.1) is 0 Å². The maximum atomic E-state index is 11.3. The Morgan fingerprint density at radius 2 is 0.394 bits per heavy atom. The van der Waals surface area contributed by atoms with E-state index in [-0.39, 0.29) is 77.8 Å². The van der Waals surface area contributed by atoms with E-state index in [2.05, 4.69) is 113 Å². The minimum atomic E-state index is 0.0418. The highest BCUT2D eigenvalue weighted by Gasteiger charge is 2.12. The van der Waals surface area contributed by atoms with E-state index in [0.717, 1.165) is 95.2 Å². The first-order valence-electron chi connectivity index (χ1n) is 42.5. The van der Waals surface area contributed by atoms with Gasteiger partial charge in [0.25, 0.3) is 0 Å². The van der Waals surface area contributed by atoms with Crippen molar-refractivity contribution < 1.29 is 85.7 Å². The Morgan fingerprint density at radius 3 is 0.651 bits per heavy atom. The molecule has 0 radical (unpaired) electrons. The van der Waals surface area contributed by atoms with Crippen LogP contribution in [0.3, 0.4) is 0 Å². The molecule has 0 bridgehead atoms. The third-order valence-corrected chi connectivity index (χ3v) is 15.9. The molecule has 0 unspecified atom stereocenters. The average Bonchev–Trinajstić information content (AvgIpc) is 1.11. The Labute approximate surface area is 671 Å². The Balaban J connectivity index is -0.000000225. The van der Waals surface area contributed by atoms with Crippen LogP contribution in [0, 0.1) is 65.1 Å². The first kappa shape index (κ1) is 119. The molecule has 0 saturated heterocycles. The number of hydrogen-bond acceptors (Lipinski definition) is 21. The van der Waals surface area contributed by atoms with Crippen LogP contribution in [0.25, 0.3) is 0 Å². The predicted octanol–water partition coefficient (Wildman–Crippen LogP) is 16.7. The monoisotopic (exact) mass is 1570 g/mol. The summed E-state index contributed by atoms with van der Waals surface area (Å²) in [6.07, 6.45) is 13.5. The molecule has 0 amide bonds. The molecule has 0 aliphatic carbocycles. The first-order valence-corrected chi connectivity index (χ1v) is 42.5. The third-order valence-electron chi connectivity index (χ3n) is 15.9. The zero-order valence-corrected chi connectivity index (χ0v) is 76.0. The van der Waals surface area contributed by atoms with Gasteiger partial charge >= 0.3 is 0 Å². The molecule has 0 spiro atoms. The van der Waals surface area contributed by atoms with E-state index >= 15 is 0 Å². The SMILES string of the molecule is CC(C)CCCCC(=O)C(C)C.CC(C)CCCOCCC(=O)C(C)C.CC(C)CCCOCCOCCOCC(=O)C(C)C.CC(C)CCCOCCOCCOCCC(=O)C(C)C.CC(C)NCCC(=O)C(C)C.CC(C)NCCOCCOCC(=O)C(C)C.CC(C)NCCOCCOCCC(=O)C(C)C. The van der Waals surface area contributed by atoms with E-state index in [1.165, 1.54) is 32.1 Å². The van der Waals surface area contributed by atoms with E-state index in [1.54, 1.807) is 0 Å². The number of carbonyl (C=O) groups excluding carboxylic acids is 7. The highest BCUT2D eigenvalue weighted by Crippen LogP contribution is 2.11. The fourth-order valence-electron chi connectivity index (χ4n) is 8.22. The molecule has 0 aromatic rings. The molecule has 0 heterocycles. The second-order valence-electron chi connectivity index (χ2n) is 32.5. The van der Waals surface area contributed by atoms with Crippen molar-refractivity contribution >= 4 is 40.5 Å². The zero-order valence-electron chi connectivity index (χ0n) is 76.0. The van der Waals surface area contributed by atoms with Crippen molar-refractivity contribution in [1.82, 2.24) is 16.0 Å². The smallest absolute Gasteiger partial charge is 0.160 e. The fraction of sp³-hybridized carbons (Fsp3) is 0.920. The molecule has 21 nitrogen and oxygen atoms in total. The molecule has 0 atom stereocenters. The molecule has 0 saturated carbocycles. The maximum Gasteiger partial charge on any atom is 0.160 e. The second-order valence-corrected chi connectivity index (χ2v) is 32.5. The minimum absolute atomic E-state index is 0.0418. The summed E-state index contributed by atoms with van der Waals surface area (Å²) in [4.78, 5) is 78.5. The van der Waals surface area contributed by atoms with Gasteiger partial charge in [-0.25, -0.2) is 0 Å². The molecule has 109 heavy (non-hydrogen) atoms. The van der Waals surface area contributed by atoms with Gasteiger partial charge in [0, 0.05) is 131 Å². The second kappa shape index (κ2) is 89.1. The van der Waals surface area contributed by atoms with Crippen LogP contribution in [-0.2, 0) is 85.7 Å². The molecule has 0 aliphatic rings. The standard InChI is InChI=1S/C16H32O4.C15H30O4.C13H27NO3.C12H25NO3.C12H24O2.C11H22O.C9H19NO/c1-14(2)6-5-8-18-10-12-20-13-11-19-9-7-16(17)15(3)4;1-13(2)6-5-7-17-8-9-18-10-11-19-12-15(16)14(3)4;1-11(2)13(15)5-7-16-9-10-17-8-6-14-12(3)4;1-10(2)12(14)9-16-8-7-15-6-5-13-11(3)4;1-10(2)6-5-8-14-9-7-12(13)11(3)4;1-9(2)7-5-6-8-11(12)10(3)4;1-7(2)9(11)5-6-10-8(3)4/h14-15H,5-13H2,1-4H3;13-14H,5-12H2,1-4H3;11-12,14H,5-10H2,1-4H3;10-11,13H,5-9H2,1-4H3;10-11H,5-9H2,1-4H3;9-10H,5-8H2,1-4H3;7-8,10H,5-6H2,1-4H3. The number of unbranched alkanes of at least 4 members (excludes halogenated alkanes) is 1. The predicted molar refractivity (Wildman–Crippen MR) is 451 cm³/mol. The number of rotatable bonds is 67. The summed E-state index contributed by atoms with van der Waals surface area (Å²) in [5.74, 6) is 5.71. The third kappa shape index (κ3) is 114. The topological polar surface area (TPSA) is 257 Å². The molecule has 0 aliphatic heterocycles. The van der Waals surface area contributed by atoms with E-state index in [9.17, 15) is 33.6 Å². The van der Waals surface area contributed by atoms with Crippen LogP contribution in [0.2, 0.25) is 0 Å². The van der Waals surface area contributed by atoms with Crippen molar-refractivity contribution in [3.8, 4) is 0 Å². The van der Waals surface area contributed by atoms with Crippen LogP contribution in [0.1, 0.15) is 284 Å². The van der Waals surface area contributed by atoms with Crippen molar-refractivity contribution in [2.24, 2.45) is 65.1 Å². The Morgan fingerprint density at radius 1 is 0.193 bits per heavy atom. The van der Waals surface area contributed by atoms with Crippen LogP contribution < -0.4 is 16.0 Å². The number of ether oxygens (including phenoxy) is 11. The van der Waals surface area contributed by atoms with Gasteiger partial charge in [0.15, 0.2) is 11.6 Å². The van der Waals surface area contributed by atoms with Gasteiger partial charge in [-0.2, -0.15) is 0 Å². The van der Waals surface area contributed by atoms with Crippen molar-refractivity contribution in [2.75, 3.05) is 165 Å². The van der Waals surface area contributed by atoms with Crippen molar-refractivity contribution in [1.29, 1.82) is 0 Å². The quantitative estimate of drug-likeness (QED) is 0.0478. The van der Waals surface area contributed by atoms with E-state index in [4.69, 9.17) is 52.1 Å². The normalized spacial score (nSPS) is 11.4.